The number of nitrogens with one attached hydrogen (secondary N) is 1. The number of amides is 4. The topological polar surface area (TPSA) is 139 Å². The van der Waals surface area contributed by atoms with E-state index in [2.05, 4.69) is 17.2 Å². The second-order valence-corrected chi connectivity index (χ2v) is 12.3. The molecular formula is C36H42N4O6. The Morgan fingerprint density at radius 1 is 1.07 bits per heavy atom. The molecule has 3 heterocycles. The largest absolute Gasteiger partial charge is 0.462 e. The summed E-state index contributed by atoms with van der Waals surface area (Å²) < 4.78 is 5.25. The molecule has 10 nitrogen and oxygen atoms in total. The fourth-order valence-corrected chi connectivity index (χ4v) is 6.32. The van der Waals surface area contributed by atoms with Crippen molar-refractivity contribution in [2.75, 3.05) is 19.7 Å². The lowest BCUT2D eigenvalue weighted by Gasteiger charge is -2.33. The van der Waals surface area contributed by atoms with Gasteiger partial charge in [-0.15, -0.1) is 0 Å². The molecule has 2 fully saturated rings. The number of hydrogen-bond donors (Lipinski definition) is 2. The summed E-state index contributed by atoms with van der Waals surface area (Å²) in [4.78, 5) is 65.5. The van der Waals surface area contributed by atoms with Crippen LogP contribution in [0.15, 0.2) is 42.5 Å². The first kappa shape index (κ1) is 32.9. The highest BCUT2D eigenvalue weighted by molar-refractivity contribution is 6.05. The standard InChI is InChI=1S/C36H42N4O6/c1-2-3-21-46-36(45)27-13-11-25(12-14-27)22-30(37)35(44)39-19-17-24(18-20-39)7-4-5-8-26-9-6-10-28-29(26)23-40(34(28)43)31-15-16-32(41)38-33(31)42/h6,9-14,24,30-31H,2-4,7,15-23,37H2,1H3,(H,38,41,42). The molecule has 4 amide bonds. The number of nitrogens with two attached hydrogens (primary N) is 1. The van der Waals surface area contributed by atoms with Crippen molar-refractivity contribution in [1.82, 2.24) is 15.1 Å². The lowest BCUT2D eigenvalue weighted by atomic mass is 9.91. The van der Waals surface area contributed by atoms with Gasteiger partial charge in [-0.25, -0.2) is 4.79 Å². The third-order valence-electron chi connectivity index (χ3n) is 9.10. The zero-order chi connectivity index (χ0) is 32.6. The maximum Gasteiger partial charge on any atom is 0.338 e. The molecule has 46 heavy (non-hydrogen) atoms. The Labute approximate surface area is 270 Å². The first-order chi connectivity index (χ1) is 22.2. The van der Waals surface area contributed by atoms with Gasteiger partial charge in [0.1, 0.15) is 6.04 Å². The molecule has 2 saturated heterocycles. The Morgan fingerprint density at radius 2 is 1.83 bits per heavy atom. The molecule has 3 aliphatic rings. The minimum atomic E-state index is -0.648. The monoisotopic (exact) mass is 626 g/mol. The highest BCUT2D eigenvalue weighted by Crippen LogP contribution is 2.30. The zero-order valence-corrected chi connectivity index (χ0v) is 26.4. The highest BCUT2D eigenvalue weighted by atomic mass is 16.5. The molecule has 0 bridgehead atoms. The number of carbonyl (C=O) groups is 5. The van der Waals surface area contributed by atoms with Crippen molar-refractivity contribution in [3.8, 4) is 11.8 Å². The number of esters is 1. The van der Waals surface area contributed by atoms with Gasteiger partial charge in [0.15, 0.2) is 0 Å². The van der Waals surface area contributed by atoms with E-state index in [9.17, 15) is 24.0 Å². The van der Waals surface area contributed by atoms with E-state index in [1.165, 1.54) is 0 Å². The number of likely N-dealkylation sites (tertiary alicyclic amines) is 1. The van der Waals surface area contributed by atoms with Crippen LogP contribution in [-0.4, -0.2) is 71.2 Å². The molecule has 0 saturated carbocycles. The summed E-state index contributed by atoms with van der Waals surface area (Å²) in [5.74, 6) is 5.65. The molecule has 3 aliphatic heterocycles. The van der Waals surface area contributed by atoms with Gasteiger partial charge in [-0.2, -0.15) is 0 Å². The Bertz CT molecular complexity index is 1530. The summed E-state index contributed by atoms with van der Waals surface area (Å²) in [5, 5.41) is 2.34. The Morgan fingerprint density at radius 3 is 2.54 bits per heavy atom. The maximum atomic E-state index is 13.1. The third-order valence-corrected chi connectivity index (χ3v) is 9.10. The van der Waals surface area contributed by atoms with Crippen LogP contribution in [0.3, 0.4) is 0 Å². The fourth-order valence-electron chi connectivity index (χ4n) is 6.32. The van der Waals surface area contributed by atoms with Gasteiger partial charge in [0.05, 0.1) is 18.2 Å². The van der Waals surface area contributed by atoms with E-state index in [1.54, 1.807) is 23.1 Å². The first-order valence-corrected chi connectivity index (χ1v) is 16.3. The number of hydrogen-bond acceptors (Lipinski definition) is 7. The summed E-state index contributed by atoms with van der Waals surface area (Å²) in [7, 11) is 0. The Hall–Kier alpha value is -4.49. The van der Waals surface area contributed by atoms with Crippen LogP contribution < -0.4 is 11.1 Å². The quantitative estimate of drug-likeness (QED) is 0.179. The Kier molecular flexibility index (Phi) is 10.9. The van der Waals surface area contributed by atoms with Crippen LogP contribution in [0.25, 0.3) is 0 Å². The van der Waals surface area contributed by atoms with Crippen LogP contribution in [0.1, 0.15) is 95.7 Å². The smallest absolute Gasteiger partial charge is 0.338 e. The Balaban J connectivity index is 1.06. The van der Waals surface area contributed by atoms with E-state index in [-0.39, 0.29) is 30.1 Å². The first-order valence-electron chi connectivity index (χ1n) is 16.3. The van der Waals surface area contributed by atoms with E-state index in [4.69, 9.17) is 10.5 Å². The van der Waals surface area contributed by atoms with Crippen LogP contribution in [0, 0.1) is 17.8 Å². The van der Waals surface area contributed by atoms with E-state index < -0.39 is 18.0 Å². The average Bonchev–Trinajstić information content (AvgIpc) is 3.39. The van der Waals surface area contributed by atoms with Gasteiger partial charge in [0, 0.05) is 43.6 Å². The van der Waals surface area contributed by atoms with E-state index in [0.717, 1.165) is 48.8 Å². The molecular weight excluding hydrogens is 584 g/mol. The fraction of sp³-hybridized carbons (Fsp3) is 0.472. The van der Waals surface area contributed by atoms with Crippen LogP contribution in [0.5, 0.6) is 0 Å². The lowest BCUT2D eigenvalue weighted by Crippen LogP contribution is -2.52. The van der Waals surface area contributed by atoms with Crippen molar-refractivity contribution >= 4 is 29.6 Å². The van der Waals surface area contributed by atoms with Crippen LogP contribution >= 0.6 is 0 Å². The molecule has 5 rings (SSSR count). The van der Waals surface area contributed by atoms with Gasteiger partial charge in [0.25, 0.3) is 5.91 Å². The van der Waals surface area contributed by atoms with Crippen molar-refractivity contribution in [3.05, 3.63) is 70.3 Å². The number of piperidine rings is 2. The summed E-state index contributed by atoms with van der Waals surface area (Å²) in [6, 6.07) is 11.3. The normalized spacial score (nSPS) is 18.8. The minimum Gasteiger partial charge on any atom is -0.462 e. The zero-order valence-electron chi connectivity index (χ0n) is 26.4. The molecule has 0 radical (unpaired) electrons. The molecule has 0 aromatic heterocycles. The lowest BCUT2D eigenvalue weighted by molar-refractivity contribution is -0.137. The van der Waals surface area contributed by atoms with Gasteiger partial charge in [-0.05, 0) is 79.8 Å². The number of imide groups is 1. The number of ether oxygens (including phenoxy) is 1. The van der Waals surface area contributed by atoms with Crippen molar-refractivity contribution in [2.24, 2.45) is 11.7 Å². The molecule has 2 atom stereocenters. The van der Waals surface area contributed by atoms with Crippen molar-refractivity contribution < 1.29 is 28.7 Å². The van der Waals surface area contributed by atoms with Crippen molar-refractivity contribution in [3.63, 3.8) is 0 Å². The molecule has 2 aromatic rings. The van der Waals surface area contributed by atoms with Gasteiger partial charge in [-0.1, -0.05) is 43.4 Å². The molecule has 0 spiro atoms. The molecule has 0 aliphatic carbocycles. The van der Waals surface area contributed by atoms with Crippen LogP contribution in [0.4, 0.5) is 0 Å². The van der Waals surface area contributed by atoms with Crippen molar-refractivity contribution in [2.45, 2.75) is 83.3 Å². The molecule has 2 aromatic carbocycles. The second-order valence-electron chi connectivity index (χ2n) is 12.3. The summed E-state index contributed by atoms with van der Waals surface area (Å²) in [6.45, 7) is 4.08. The predicted molar refractivity (Wildman–Crippen MR) is 171 cm³/mol. The SMILES string of the molecule is CCCCOC(=O)c1ccc(CC(N)C(=O)N2CCC(CCC#Cc3cccc4c3CN(C3CCC(=O)NC3=O)C4=O)CC2)cc1. The molecule has 242 valence electrons. The number of rotatable bonds is 10. The van der Waals surface area contributed by atoms with E-state index >= 15 is 0 Å². The predicted octanol–water partition coefficient (Wildman–Crippen LogP) is 3.34. The van der Waals surface area contributed by atoms with Gasteiger partial charge < -0.3 is 20.3 Å². The number of unbranched alkanes of at least 4 members (excludes halogenated alkanes) is 1. The molecule has 2 unspecified atom stereocenters. The average molecular weight is 627 g/mol. The van der Waals surface area contributed by atoms with Crippen molar-refractivity contribution in [1.29, 1.82) is 0 Å². The molecule has 10 heteroatoms. The second kappa shape index (κ2) is 15.2. The summed E-state index contributed by atoms with van der Waals surface area (Å²) >= 11 is 0. The minimum absolute atomic E-state index is 0.0554. The van der Waals surface area contributed by atoms with Gasteiger partial charge in [0.2, 0.25) is 17.7 Å². The number of fused-ring (bicyclic) bond motifs is 1. The summed E-state index contributed by atoms with van der Waals surface area (Å²) in [5.41, 5.74) is 9.87. The number of nitrogens with zero attached hydrogens (tertiary/aromatic N) is 2. The maximum absolute atomic E-state index is 13.1. The number of carbonyl (C=O) groups excluding carboxylic acids is 5. The highest BCUT2D eigenvalue weighted by Gasteiger charge is 2.39. The summed E-state index contributed by atoms with van der Waals surface area (Å²) in [6.07, 6.45) is 6.16. The van der Waals surface area contributed by atoms with Crippen LogP contribution in [-0.2, 0) is 32.1 Å². The van der Waals surface area contributed by atoms with E-state index in [0.29, 0.717) is 62.5 Å². The number of benzene rings is 2. The molecule has 3 N–H and O–H groups in total. The van der Waals surface area contributed by atoms with E-state index in [1.807, 2.05) is 36.1 Å². The third kappa shape index (κ3) is 7.83. The van der Waals surface area contributed by atoms with Gasteiger partial charge in [-0.3, -0.25) is 24.5 Å². The van der Waals surface area contributed by atoms with Gasteiger partial charge >= 0.3 is 5.97 Å². The van der Waals surface area contributed by atoms with Crippen LogP contribution in [0.2, 0.25) is 0 Å².